The zero-order chi connectivity index (χ0) is 18.2. The van der Waals surface area contributed by atoms with Crippen LogP contribution in [0.5, 0.6) is 11.5 Å². The molecule has 0 heterocycles. The number of hydrogen-bond acceptors (Lipinski definition) is 6. The summed E-state index contributed by atoms with van der Waals surface area (Å²) in [5.74, 6) is 7.42. The van der Waals surface area contributed by atoms with Gasteiger partial charge in [-0.15, -0.1) is 0 Å². The summed E-state index contributed by atoms with van der Waals surface area (Å²) in [6.45, 7) is 2.66. The molecule has 0 saturated heterocycles. The Morgan fingerprint density at radius 2 is 1.92 bits per heavy atom. The number of nitrogens with zero attached hydrogens (tertiary/aromatic N) is 1. The molecule has 0 aliphatic heterocycles. The van der Waals surface area contributed by atoms with Crippen molar-refractivity contribution >= 4 is 6.29 Å². The third-order valence-electron chi connectivity index (χ3n) is 3.54. The maximum absolute atomic E-state index is 10.6. The van der Waals surface area contributed by atoms with Gasteiger partial charge >= 0.3 is 0 Å². The first-order valence-electron chi connectivity index (χ1n) is 7.81. The number of methoxy groups -OCH3 is 1. The Bertz CT molecular complexity index is 742. The lowest BCUT2D eigenvalue weighted by Crippen LogP contribution is -2.27. The fraction of sp³-hybridized carbons (Fsp3) is 0.211. The third kappa shape index (κ3) is 5.54. The molecular weight excluding hydrogens is 318 g/mol. The zero-order valence-corrected chi connectivity index (χ0v) is 14.4. The van der Waals surface area contributed by atoms with E-state index in [-0.39, 0.29) is 6.61 Å². The van der Waals surface area contributed by atoms with Crippen LogP contribution in [0, 0.1) is 6.92 Å². The lowest BCUT2D eigenvalue weighted by molar-refractivity contribution is 0.112. The number of benzene rings is 2. The van der Waals surface area contributed by atoms with E-state index in [2.05, 4.69) is 0 Å². The number of nitrogens with two attached hydrogens (primary N) is 2. The minimum atomic E-state index is 0.194. The van der Waals surface area contributed by atoms with Crippen LogP contribution in [-0.2, 0) is 6.54 Å². The molecule has 0 fully saturated rings. The highest BCUT2D eigenvalue weighted by atomic mass is 16.5. The molecule has 0 aliphatic rings. The smallest absolute Gasteiger partial charge is 0.150 e. The number of carbonyl (C=O) groups is 1. The molecule has 4 N–H and O–H groups in total. The Labute approximate surface area is 147 Å². The molecule has 0 atom stereocenters. The summed E-state index contributed by atoms with van der Waals surface area (Å²) in [4.78, 5) is 10.6. The van der Waals surface area contributed by atoms with Crippen molar-refractivity contribution in [2.24, 2.45) is 11.6 Å². The van der Waals surface area contributed by atoms with E-state index >= 15 is 0 Å². The normalized spacial score (nSPS) is 11.1. The first kappa shape index (κ1) is 18.4. The summed E-state index contributed by atoms with van der Waals surface area (Å²) in [5.41, 5.74) is 9.13. The van der Waals surface area contributed by atoms with Crippen molar-refractivity contribution in [1.82, 2.24) is 5.01 Å². The number of hydrazine groups is 1. The van der Waals surface area contributed by atoms with Gasteiger partial charge in [-0.05, 0) is 37.3 Å². The molecule has 2 rings (SSSR count). The van der Waals surface area contributed by atoms with E-state index in [4.69, 9.17) is 21.1 Å². The van der Waals surface area contributed by atoms with Gasteiger partial charge in [-0.1, -0.05) is 17.7 Å². The van der Waals surface area contributed by atoms with Crippen molar-refractivity contribution < 1.29 is 14.3 Å². The van der Waals surface area contributed by atoms with Crippen LogP contribution in [-0.4, -0.2) is 25.0 Å². The molecule has 0 aromatic heterocycles. The second-order valence-electron chi connectivity index (χ2n) is 5.67. The van der Waals surface area contributed by atoms with Crippen molar-refractivity contribution in [1.29, 1.82) is 0 Å². The van der Waals surface area contributed by atoms with Gasteiger partial charge in [0.1, 0.15) is 24.4 Å². The zero-order valence-electron chi connectivity index (χ0n) is 14.4. The highest BCUT2D eigenvalue weighted by Crippen LogP contribution is 2.20. The van der Waals surface area contributed by atoms with E-state index in [0.717, 1.165) is 23.2 Å². The highest BCUT2D eigenvalue weighted by molar-refractivity contribution is 5.74. The molecule has 0 aliphatic carbocycles. The van der Waals surface area contributed by atoms with Crippen molar-refractivity contribution in [3.8, 4) is 11.5 Å². The number of hydrogen-bond donors (Lipinski definition) is 2. The van der Waals surface area contributed by atoms with Gasteiger partial charge in [-0.3, -0.25) is 4.79 Å². The minimum absolute atomic E-state index is 0.194. The molecule has 0 spiro atoms. The molecule has 0 bridgehead atoms. The number of rotatable bonds is 8. The molecule has 6 heteroatoms. The molecule has 0 saturated carbocycles. The Morgan fingerprint density at radius 3 is 2.56 bits per heavy atom. The van der Waals surface area contributed by atoms with E-state index in [1.54, 1.807) is 37.6 Å². The average molecular weight is 341 g/mol. The molecule has 0 unspecified atom stereocenters. The van der Waals surface area contributed by atoms with Gasteiger partial charge in [0, 0.05) is 17.3 Å². The second kappa shape index (κ2) is 8.75. The first-order valence-corrected chi connectivity index (χ1v) is 7.81. The predicted octanol–water partition coefficient (Wildman–Crippen LogP) is 2.37. The summed E-state index contributed by atoms with van der Waals surface area (Å²) in [6, 6.07) is 12.7. The van der Waals surface area contributed by atoms with Crippen LogP contribution in [0.4, 0.5) is 0 Å². The van der Waals surface area contributed by atoms with E-state index in [1.165, 1.54) is 5.01 Å². The van der Waals surface area contributed by atoms with Gasteiger partial charge in [-0.2, -0.15) is 0 Å². The number of ether oxygens (including phenoxy) is 2. The average Bonchev–Trinajstić information content (AvgIpc) is 2.60. The largest absolute Gasteiger partial charge is 0.496 e. The van der Waals surface area contributed by atoms with E-state index in [0.29, 0.717) is 23.6 Å². The summed E-state index contributed by atoms with van der Waals surface area (Å²) >= 11 is 0. The van der Waals surface area contributed by atoms with Crippen molar-refractivity contribution in [2.45, 2.75) is 13.5 Å². The van der Waals surface area contributed by atoms with Crippen LogP contribution in [0.2, 0.25) is 0 Å². The fourth-order valence-electron chi connectivity index (χ4n) is 2.33. The molecule has 25 heavy (non-hydrogen) atoms. The Kier molecular flexibility index (Phi) is 6.42. The van der Waals surface area contributed by atoms with Crippen molar-refractivity contribution in [3.63, 3.8) is 0 Å². The Morgan fingerprint density at radius 1 is 1.20 bits per heavy atom. The lowest BCUT2D eigenvalue weighted by Gasteiger charge is -2.18. The Balaban J connectivity index is 1.94. The topological polar surface area (TPSA) is 90.8 Å². The highest BCUT2D eigenvalue weighted by Gasteiger charge is 2.06. The third-order valence-corrected chi connectivity index (χ3v) is 3.54. The van der Waals surface area contributed by atoms with Gasteiger partial charge < -0.3 is 20.2 Å². The van der Waals surface area contributed by atoms with Crippen LogP contribution >= 0.6 is 0 Å². The van der Waals surface area contributed by atoms with E-state index in [1.807, 2.05) is 25.1 Å². The predicted molar refractivity (Wildman–Crippen MR) is 97.1 cm³/mol. The SMILES string of the molecule is COc1ccc(C)cc1CN(N)/C=C(\N)COc1ccc(C=O)cc1. The minimum Gasteiger partial charge on any atom is -0.496 e. The van der Waals surface area contributed by atoms with Crippen LogP contribution in [0.25, 0.3) is 0 Å². The van der Waals surface area contributed by atoms with Crippen LogP contribution in [0.15, 0.2) is 54.4 Å². The molecular formula is C19H23N3O3. The molecule has 2 aromatic rings. The summed E-state index contributed by atoms with van der Waals surface area (Å²) in [7, 11) is 1.63. The van der Waals surface area contributed by atoms with Gasteiger partial charge in [0.15, 0.2) is 0 Å². The van der Waals surface area contributed by atoms with Gasteiger partial charge in [0.2, 0.25) is 0 Å². The monoisotopic (exact) mass is 341 g/mol. The van der Waals surface area contributed by atoms with Crippen LogP contribution in [0.1, 0.15) is 21.5 Å². The molecule has 132 valence electrons. The first-order chi connectivity index (χ1) is 12.0. The summed E-state index contributed by atoms with van der Waals surface area (Å²) in [6.07, 6.45) is 2.41. The van der Waals surface area contributed by atoms with Crippen LogP contribution in [0.3, 0.4) is 0 Å². The van der Waals surface area contributed by atoms with Gasteiger partial charge in [-0.25, -0.2) is 5.84 Å². The Hall–Kier alpha value is -2.99. The van der Waals surface area contributed by atoms with Crippen molar-refractivity contribution in [2.75, 3.05) is 13.7 Å². The van der Waals surface area contributed by atoms with Gasteiger partial charge in [0.25, 0.3) is 0 Å². The number of aldehydes is 1. The number of carbonyl (C=O) groups excluding carboxylic acids is 1. The maximum atomic E-state index is 10.6. The van der Waals surface area contributed by atoms with Crippen LogP contribution < -0.4 is 21.1 Å². The summed E-state index contributed by atoms with van der Waals surface area (Å²) in [5, 5.41) is 1.49. The van der Waals surface area contributed by atoms with E-state index < -0.39 is 0 Å². The second-order valence-corrected chi connectivity index (χ2v) is 5.67. The lowest BCUT2D eigenvalue weighted by atomic mass is 10.1. The number of aryl methyl sites for hydroxylation is 1. The summed E-state index contributed by atoms with van der Waals surface area (Å²) < 4.78 is 10.9. The standard InChI is InChI=1S/C19H23N3O3/c1-14-3-8-19(24-2)16(9-14)10-22(21)11-17(20)13-25-18-6-4-15(12-23)5-7-18/h3-9,11-12H,10,13,20-21H2,1-2H3/b17-11-. The van der Waals surface area contributed by atoms with Crippen molar-refractivity contribution in [3.05, 3.63) is 71.1 Å². The molecule has 0 radical (unpaired) electrons. The quantitative estimate of drug-likeness (QED) is 0.435. The van der Waals surface area contributed by atoms with Gasteiger partial charge in [0.05, 0.1) is 19.4 Å². The fourth-order valence-corrected chi connectivity index (χ4v) is 2.33. The molecule has 0 amide bonds. The maximum Gasteiger partial charge on any atom is 0.150 e. The molecule has 6 nitrogen and oxygen atoms in total. The molecule has 2 aromatic carbocycles. The van der Waals surface area contributed by atoms with E-state index in [9.17, 15) is 4.79 Å².